The third-order valence-corrected chi connectivity index (χ3v) is 4.44. The number of hydrogen-bond acceptors (Lipinski definition) is 2. The molecular weight excluding hydrogens is 267 g/mol. The molecule has 1 aromatic carbocycles. The van der Waals surface area contributed by atoms with Gasteiger partial charge in [-0.15, -0.1) is 0 Å². The second-order valence-corrected chi connectivity index (χ2v) is 6.25. The van der Waals surface area contributed by atoms with Crippen molar-refractivity contribution in [3.63, 3.8) is 0 Å². The molecule has 1 fully saturated rings. The second-order valence-electron chi connectivity index (χ2n) is 6.25. The third kappa shape index (κ3) is 3.82. The van der Waals surface area contributed by atoms with Gasteiger partial charge in [-0.1, -0.05) is 32.0 Å². The lowest BCUT2D eigenvalue weighted by atomic mass is 9.90. The highest BCUT2D eigenvalue weighted by Crippen LogP contribution is 2.24. The molecule has 2 rings (SSSR count). The SMILES string of the molecule is CC1CCN(C(=O)C(C)Cc2ccccc2F)C(CN)C1. The molecule has 0 bridgehead atoms. The van der Waals surface area contributed by atoms with Gasteiger partial charge in [0.15, 0.2) is 0 Å². The van der Waals surface area contributed by atoms with Crippen molar-refractivity contribution in [1.82, 2.24) is 4.90 Å². The molecule has 0 aliphatic carbocycles. The van der Waals surface area contributed by atoms with Crippen LogP contribution in [0, 0.1) is 17.7 Å². The van der Waals surface area contributed by atoms with E-state index in [2.05, 4.69) is 6.92 Å². The molecule has 1 amide bonds. The van der Waals surface area contributed by atoms with Gasteiger partial charge in [-0.3, -0.25) is 4.79 Å². The van der Waals surface area contributed by atoms with Gasteiger partial charge in [0, 0.05) is 25.0 Å². The molecule has 1 heterocycles. The van der Waals surface area contributed by atoms with Crippen LogP contribution in [0.15, 0.2) is 24.3 Å². The average molecular weight is 292 g/mol. The molecule has 1 aromatic rings. The number of hydrogen-bond donors (Lipinski definition) is 1. The molecule has 1 aliphatic heterocycles. The first-order valence-electron chi connectivity index (χ1n) is 7.76. The van der Waals surface area contributed by atoms with E-state index in [4.69, 9.17) is 5.73 Å². The first-order valence-corrected chi connectivity index (χ1v) is 7.76. The van der Waals surface area contributed by atoms with E-state index in [-0.39, 0.29) is 23.7 Å². The zero-order valence-corrected chi connectivity index (χ0v) is 12.9. The summed E-state index contributed by atoms with van der Waals surface area (Å²) < 4.78 is 13.7. The van der Waals surface area contributed by atoms with Crippen LogP contribution in [0.5, 0.6) is 0 Å². The molecule has 0 saturated carbocycles. The molecule has 0 radical (unpaired) electrons. The van der Waals surface area contributed by atoms with Gasteiger partial charge in [-0.05, 0) is 36.8 Å². The molecule has 116 valence electrons. The Morgan fingerprint density at radius 3 is 2.86 bits per heavy atom. The smallest absolute Gasteiger partial charge is 0.226 e. The highest BCUT2D eigenvalue weighted by molar-refractivity contribution is 5.79. The monoisotopic (exact) mass is 292 g/mol. The summed E-state index contributed by atoms with van der Waals surface area (Å²) in [5.41, 5.74) is 6.42. The van der Waals surface area contributed by atoms with Crippen LogP contribution in [-0.4, -0.2) is 29.9 Å². The number of nitrogens with two attached hydrogens (primary N) is 1. The number of likely N-dealkylation sites (tertiary alicyclic amines) is 1. The normalized spacial score (nSPS) is 23.9. The van der Waals surface area contributed by atoms with Crippen molar-refractivity contribution in [2.75, 3.05) is 13.1 Å². The average Bonchev–Trinajstić information content (AvgIpc) is 2.48. The quantitative estimate of drug-likeness (QED) is 0.927. The molecule has 0 aromatic heterocycles. The maximum absolute atomic E-state index is 13.7. The van der Waals surface area contributed by atoms with E-state index in [1.165, 1.54) is 6.07 Å². The fourth-order valence-electron chi connectivity index (χ4n) is 3.13. The number of rotatable bonds is 4. The molecule has 4 heteroatoms. The minimum absolute atomic E-state index is 0.0978. The zero-order chi connectivity index (χ0) is 15.4. The van der Waals surface area contributed by atoms with Crippen molar-refractivity contribution < 1.29 is 9.18 Å². The van der Waals surface area contributed by atoms with E-state index >= 15 is 0 Å². The Kier molecular flexibility index (Phi) is 5.34. The minimum atomic E-state index is -0.236. The summed E-state index contributed by atoms with van der Waals surface area (Å²) in [7, 11) is 0. The van der Waals surface area contributed by atoms with Gasteiger partial charge >= 0.3 is 0 Å². The van der Waals surface area contributed by atoms with E-state index in [0.717, 1.165) is 19.4 Å². The van der Waals surface area contributed by atoms with Gasteiger partial charge in [-0.2, -0.15) is 0 Å². The number of amides is 1. The summed E-state index contributed by atoms with van der Waals surface area (Å²) in [4.78, 5) is 14.5. The standard InChI is InChI=1S/C17H25FN2O/c1-12-7-8-20(15(9-12)11-19)17(21)13(2)10-14-5-3-4-6-16(14)18/h3-6,12-13,15H,7-11,19H2,1-2H3. The van der Waals surface area contributed by atoms with Gasteiger partial charge in [-0.25, -0.2) is 4.39 Å². The molecule has 0 spiro atoms. The van der Waals surface area contributed by atoms with Crippen molar-refractivity contribution in [2.24, 2.45) is 17.6 Å². The maximum Gasteiger partial charge on any atom is 0.226 e. The summed E-state index contributed by atoms with van der Waals surface area (Å²) in [6, 6.07) is 6.79. The van der Waals surface area contributed by atoms with Crippen LogP contribution in [0.25, 0.3) is 0 Å². The van der Waals surface area contributed by atoms with Crippen molar-refractivity contribution in [3.8, 4) is 0 Å². The Hall–Kier alpha value is -1.42. The molecule has 2 N–H and O–H groups in total. The Morgan fingerprint density at radius 1 is 1.48 bits per heavy atom. The molecule has 1 aliphatic rings. The van der Waals surface area contributed by atoms with Crippen LogP contribution in [0.1, 0.15) is 32.3 Å². The van der Waals surface area contributed by atoms with Gasteiger partial charge in [0.2, 0.25) is 5.91 Å². The number of benzene rings is 1. The van der Waals surface area contributed by atoms with Crippen molar-refractivity contribution in [1.29, 1.82) is 0 Å². The lowest BCUT2D eigenvalue weighted by Crippen LogP contribution is -2.51. The fourth-order valence-corrected chi connectivity index (χ4v) is 3.13. The van der Waals surface area contributed by atoms with Gasteiger partial charge in [0.25, 0.3) is 0 Å². The molecule has 3 atom stereocenters. The van der Waals surface area contributed by atoms with Gasteiger partial charge in [0.05, 0.1) is 0 Å². The topological polar surface area (TPSA) is 46.3 Å². The Bertz CT molecular complexity index is 491. The zero-order valence-electron chi connectivity index (χ0n) is 12.9. The van der Waals surface area contributed by atoms with E-state index < -0.39 is 0 Å². The van der Waals surface area contributed by atoms with Crippen molar-refractivity contribution >= 4 is 5.91 Å². The predicted octanol–water partition coefficient (Wildman–Crippen LogP) is 2.59. The first kappa shape index (κ1) is 16.0. The highest BCUT2D eigenvalue weighted by atomic mass is 19.1. The highest BCUT2D eigenvalue weighted by Gasteiger charge is 2.31. The maximum atomic E-state index is 13.7. The number of halogens is 1. The van der Waals surface area contributed by atoms with Gasteiger partial charge < -0.3 is 10.6 Å². The van der Waals surface area contributed by atoms with Crippen LogP contribution < -0.4 is 5.73 Å². The van der Waals surface area contributed by atoms with Crippen molar-refractivity contribution in [3.05, 3.63) is 35.6 Å². The Balaban J connectivity index is 2.03. The number of nitrogens with zero attached hydrogens (tertiary/aromatic N) is 1. The van der Waals surface area contributed by atoms with Crippen LogP contribution in [-0.2, 0) is 11.2 Å². The molecular formula is C17H25FN2O. The van der Waals surface area contributed by atoms with Crippen LogP contribution >= 0.6 is 0 Å². The summed E-state index contributed by atoms with van der Waals surface area (Å²) >= 11 is 0. The van der Waals surface area contributed by atoms with Crippen LogP contribution in [0.3, 0.4) is 0 Å². The number of piperidine rings is 1. The van der Waals surface area contributed by atoms with E-state index in [9.17, 15) is 9.18 Å². The molecule has 3 nitrogen and oxygen atoms in total. The fraction of sp³-hybridized carbons (Fsp3) is 0.588. The Morgan fingerprint density at radius 2 is 2.19 bits per heavy atom. The first-order chi connectivity index (χ1) is 10.0. The second kappa shape index (κ2) is 7.03. The van der Waals surface area contributed by atoms with Crippen LogP contribution in [0.2, 0.25) is 0 Å². The summed E-state index contributed by atoms with van der Waals surface area (Å²) in [5, 5.41) is 0. The summed E-state index contributed by atoms with van der Waals surface area (Å²) in [5.74, 6) is 0.259. The lowest BCUT2D eigenvalue weighted by Gasteiger charge is -2.39. The Labute approximate surface area is 126 Å². The lowest BCUT2D eigenvalue weighted by molar-refractivity contribution is -0.139. The molecule has 3 unspecified atom stereocenters. The van der Waals surface area contributed by atoms with Crippen LogP contribution in [0.4, 0.5) is 4.39 Å². The largest absolute Gasteiger partial charge is 0.338 e. The number of carbonyl (C=O) groups is 1. The molecule has 21 heavy (non-hydrogen) atoms. The van der Waals surface area contributed by atoms with Gasteiger partial charge in [0.1, 0.15) is 5.82 Å². The minimum Gasteiger partial charge on any atom is -0.338 e. The summed E-state index contributed by atoms with van der Waals surface area (Å²) in [6.45, 7) is 5.35. The summed E-state index contributed by atoms with van der Waals surface area (Å²) in [6.07, 6.45) is 2.43. The van der Waals surface area contributed by atoms with E-state index in [0.29, 0.717) is 24.4 Å². The predicted molar refractivity (Wildman–Crippen MR) is 82.2 cm³/mol. The van der Waals surface area contributed by atoms with E-state index in [1.807, 2.05) is 11.8 Å². The molecule has 1 saturated heterocycles. The van der Waals surface area contributed by atoms with E-state index in [1.54, 1.807) is 18.2 Å². The third-order valence-electron chi connectivity index (χ3n) is 4.44. The number of carbonyl (C=O) groups excluding carboxylic acids is 1. The van der Waals surface area contributed by atoms with Crippen molar-refractivity contribution in [2.45, 2.75) is 39.2 Å².